The molecule has 7 aromatic rings. The van der Waals surface area contributed by atoms with Crippen LogP contribution in [0.25, 0.3) is 11.0 Å². The lowest BCUT2D eigenvalue weighted by Gasteiger charge is -2.46. The van der Waals surface area contributed by atoms with Crippen LogP contribution in [0.3, 0.4) is 0 Å². The van der Waals surface area contributed by atoms with E-state index in [1.807, 2.05) is 60.7 Å². The Kier molecular flexibility index (Phi) is 10.3. The van der Waals surface area contributed by atoms with E-state index in [1.54, 1.807) is 58.1 Å². The summed E-state index contributed by atoms with van der Waals surface area (Å²) in [7, 11) is 0. The topological polar surface area (TPSA) is 208 Å². The van der Waals surface area contributed by atoms with Crippen molar-refractivity contribution in [1.29, 1.82) is 0 Å². The third kappa shape index (κ3) is 6.77. The number of carbonyl (C=O) groups excluding carboxylic acids is 3. The van der Waals surface area contributed by atoms with Crippen molar-refractivity contribution in [3.05, 3.63) is 195 Å². The Morgan fingerprint density at radius 1 is 0.818 bits per heavy atom. The van der Waals surface area contributed by atoms with Gasteiger partial charge in [0.2, 0.25) is 5.91 Å². The van der Waals surface area contributed by atoms with E-state index in [0.29, 0.717) is 33.3 Å². The summed E-state index contributed by atoms with van der Waals surface area (Å²) < 4.78 is 13.7. The molecular weight excluding hydrogens is 845 g/mol. The SMILES string of the molecule is O=C1O[C@@H](c2ccccc2)[C@@H](c2ccccc2)N2[C@@H](c3ccc(O)cc3)[C@]3(C(=O)N(C(=O)OCc4ccc([N+](=O)[O-])cc4)c4ccc(C#CCn5nnc6ccccc65)cc43)[C@@H](C(=O)O)[C@H]12. The number of carbonyl (C=O) groups is 4. The number of aromatic nitrogens is 3. The number of aromatic hydroxyl groups is 1. The average molecular weight is 881 g/mol. The summed E-state index contributed by atoms with van der Waals surface area (Å²) >= 11 is 0. The number of amides is 2. The molecule has 6 atom stereocenters. The maximum absolute atomic E-state index is 16.0. The van der Waals surface area contributed by atoms with Gasteiger partial charge in [-0.25, -0.2) is 14.4 Å². The molecule has 0 bridgehead atoms. The lowest BCUT2D eigenvalue weighted by atomic mass is 9.65. The second-order valence-electron chi connectivity index (χ2n) is 16.1. The van der Waals surface area contributed by atoms with Gasteiger partial charge in [-0.3, -0.25) is 29.4 Å². The van der Waals surface area contributed by atoms with E-state index in [0.717, 1.165) is 10.4 Å². The number of nitrogens with zero attached hydrogens (tertiary/aromatic N) is 6. The molecule has 1 aromatic heterocycles. The minimum atomic E-state index is -2.26. The summed E-state index contributed by atoms with van der Waals surface area (Å²) in [6.07, 6.45) is -2.15. The maximum Gasteiger partial charge on any atom is 0.421 e. The number of phenolic OH excluding ortho intramolecular Hbond substituents is 1. The monoisotopic (exact) mass is 880 g/mol. The first-order chi connectivity index (χ1) is 32.1. The highest BCUT2D eigenvalue weighted by Gasteiger charge is 2.76. The number of imide groups is 1. The minimum absolute atomic E-state index is 0.000586. The number of cyclic esters (lactones) is 1. The number of phenols is 1. The van der Waals surface area contributed by atoms with Crippen LogP contribution in [0, 0.1) is 27.9 Å². The molecule has 4 heterocycles. The fourth-order valence-corrected chi connectivity index (χ4v) is 9.78. The smallest absolute Gasteiger partial charge is 0.421 e. The molecule has 0 unspecified atom stereocenters. The van der Waals surface area contributed by atoms with Crippen molar-refractivity contribution in [2.75, 3.05) is 4.90 Å². The number of nitro benzene ring substituents is 1. The molecule has 10 rings (SSSR count). The Bertz CT molecular complexity index is 3130. The molecule has 326 valence electrons. The molecule has 2 saturated heterocycles. The van der Waals surface area contributed by atoms with Gasteiger partial charge in [0.25, 0.3) is 5.69 Å². The molecule has 3 aliphatic heterocycles. The molecule has 3 aliphatic rings. The van der Waals surface area contributed by atoms with Gasteiger partial charge in [0.15, 0.2) is 0 Å². The number of esters is 1. The summed E-state index contributed by atoms with van der Waals surface area (Å²) in [4.78, 5) is 72.8. The predicted molar refractivity (Wildman–Crippen MR) is 235 cm³/mol. The van der Waals surface area contributed by atoms with E-state index in [1.165, 1.54) is 42.5 Å². The van der Waals surface area contributed by atoms with Gasteiger partial charge in [-0.2, -0.15) is 0 Å². The number of carboxylic acids is 1. The van der Waals surface area contributed by atoms with Crippen LogP contribution in [0.2, 0.25) is 0 Å². The lowest BCUT2D eigenvalue weighted by Crippen LogP contribution is -2.53. The van der Waals surface area contributed by atoms with Crippen molar-refractivity contribution in [1.82, 2.24) is 19.9 Å². The van der Waals surface area contributed by atoms with E-state index >= 15 is 4.79 Å². The van der Waals surface area contributed by atoms with Crippen molar-refractivity contribution in [3.8, 4) is 17.6 Å². The van der Waals surface area contributed by atoms with Crippen LogP contribution in [0.1, 0.15) is 51.6 Å². The van der Waals surface area contributed by atoms with Crippen molar-refractivity contribution in [3.63, 3.8) is 0 Å². The number of carboxylic acid groups (broad SMARTS) is 1. The largest absolute Gasteiger partial charge is 0.508 e. The molecular formula is C50H36N6O10. The fraction of sp³-hybridized carbons (Fsp3) is 0.160. The van der Waals surface area contributed by atoms with Gasteiger partial charge in [0.05, 0.1) is 28.2 Å². The van der Waals surface area contributed by atoms with E-state index in [4.69, 9.17) is 9.47 Å². The first-order valence-electron chi connectivity index (χ1n) is 20.8. The molecule has 2 amide bonds. The normalized spacial score (nSPS) is 22.0. The number of non-ortho nitro benzene ring substituents is 1. The quantitative estimate of drug-likeness (QED) is 0.0672. The summed E-state index contributed by atoms with van der Waals surface area (Å²) in [5.41, 5.74) is 1.45. The van der Waals surface area contributed by atoms with Crippen LogP contribution in [0.4, 0.5) is 16.2 Å². The van der Waals surface area contributed by atoms with E-state index in [9.17, 15) is 34.7 Å². The Labute approximate surface area is 375 Å². The number of hydrogen-bond donors (Lipinski definition) is 2. The second kappa shape index (κ2) is 16.5. The van der Waals surface area contributed by atoms with Crippen LogP contribution in [0.5, 0.6) is 5.75 Å². The Balaban J connectivity index is 1.18. The molecule has 16 nitrogen and oxygen atoms in total. The first-order valence-corrected chi connectivity index (χ1v) is 20.8. The first kappa shape index (κ1) is 41.3. The lowest BCUT2D eigenvalue weighted by molar-refractivity contribution is -0.384. The summed E-state index contributed by atoms with van der Waals surface area (Å²) in [5.74, 6) is 0.850. The summed E-state index contributed by atoms with van der Waals surface area (Å²) in [5, 5.41) is 41.9. The van der Waals surface area contributed by atoms with Crippen molar-refractivity contribution in [2.24, 2.45) is 5.92 Å². The summed E-state index contributed by atoms with van der Waals surface area (Å²) in [6, 6.07) is 37.6. The number of rotatable bonds is 8. The predicted octanol–water partition coefficient (Wildman–Crippen LogP) is 7.18. The van der Waals surface area contributed by atoms with Gasteiger partial charge in [-0.05, 0) is 82.4 Å². The number of ether oxygens (including phenoxy) is 2. The zero-order chi connectivity index (χ0) is 45.7. The number of hydrogen-bond acceptors (Lipinski definition) is 12. The van der Waals surface area contributed by atoms with Crippen molar-refractivity contribution >= 4 is 46.3 Å². The van der Waals surface area contributed by atoms with Crippen LogP contribution in [0.15, 0.2) is 152 Å². The van der Waals surface area contributed by atoms with Crippen LogP contribution in [-0.2, 0) is 42.4 Å². The van der Waals surface area contributed by atoms with E-state index < -0.39 is 71.0 Å². The van der Waals surface area contributed by atoms with Gasteiger partial charge in [-0.15, -0.1) is 5.10 Å². The minimum Gasteiger partial charge on any atom is -0.508 e. The zero-order valence-corrected chi connectivity index (χ0v) is 34.6. The Morgan fingerprint density at radius 3 is 2.20 bits per heavy atom. The molecule has 16 heteroatoms. The number of nitro groups is 1. The molecule has 66 heavy (non-hydrogen) atoms. The van der Waals surface area contributed by atoms with Crippen molar-refractivity contribution < 1.29 is 43.8 Å². The zero-order valence-electron chi connectivity index (χ0n) is 34.6. The number of aliphatic carboxylic acids is 1. The van der Waals surface area contributed by atoms with Gasteiger partial charge in [0.1, 0.15) is 47.9 Å². The van der Waals surface area contributed by atoms with E-state index in [-0.39, 0.29) is 29.2 Å². The third-order valence-corrected chi connectivity index (χ3v) is 12.5. The van der Waals surface area contributed by atoms with Crippen LogP contribution in [-0.4, -0.2) is 65.0 Å². The molecule has 0 radical (unpaired) electrons. The van der Waals surface area contributed by atoms with Gasteiger partial charge < -0.3 is 19.7 Å². The van der Waals surface area contributed by atoms with Gasteiger partial charge in [0, 0.05) is 17.7 Å². The molecule has 6 aromatic carbocycles. The third-order valence-electron chi connectivity index (χ3n) is 12.5. The molecule has 2 N–H and O–H groups in total. The number of benzene rings is 6. The highest BCUT2D eigenvalue weighted by Crippen LogP contribution is 2.66. The number of anilines is 1. The number of morpholine rings is 1. The standard InChI is InChI=1S/C50H36N6O10/c57-36-24-20-34(21-25-36)45-50(41(46(58)59)43-47(60)66-44(33-13-5-2-6-14-33)42(55(43)45)32-11-3-1-4-12-32)37-28-30(10-9-27-53-40-16-8-7-15-38(40)51-52-53)19-26-39(37)54(48(50)61)49(62)65-29-31-17-22-35(23-18-31)56(63)64/h1-8,11-26,28,41-45,57H,27,29H2,(H,58,59)/t41-,42-,43-,44+,45+,50-/m1/s1. The van der Waals surface area contributed by atoms with Gasteiger partial charge >= 0.3 is 18.0 Å². The van der Waals surface area contributed by atoms with Crippen molar-refractivity contribution in [2.45, 2.75) is 42.8 Å². The number of para-hydroxylation sites is 1. The second-order valence-corrected chi connectivity index (χ2v) is 16.1. The molecule has 2 fully saturated rings. The summed E-state index contributed by atoms with van der Waals surface area (Å²) in [6.45, 7) is -0.277. The molecule has 0 saturated carbocycles. The van der Waals surface area contributed by atoms with Crippen LogP contribution < -0.4 is 4.90 Å². The number of fused-ring (bicyclic) bond motifs is 4. The molecule has 1 spiro atoms. The highest BCUT2D eigenvalue weighted by atomic mass is 16.6. The highest BCUT2D eigenvalue weighted by molar-refractivity contribution is 6.23. The average Bonchev–Trinajstić information content (AvgIpc) is 3.98. The van der Waals surface area contributed by atoms with Crippen LogP contribution >= 0.6 is 0 Å². The Hall–Kier alpha value is -8.68. The fourth-order valence-electron chi connectivity index (χ4n) is 9.78. The van der Waals surface area contributed by atoms with E-state index in [2.05, 4.69) is 22.2 Å². The molecule has 0 aliphatic carbocycles. The van der Waals surface area contributed by atoms with Gasteiger partial charge in [-0.1, -0.05) is 102 Å². The maximum atomic E-state index is 16.0. The Morgan fingerprint density at radius 2 is 1.50 bits per heavy atom.